The Labute approximate surface area is 184 Å². The van der Waals surface area contributed by atoms with E-state index >= 15 is 0 Å². The van der Waals surface area contributed by atoms with Gasteiger partial charge >= 0.3 is 0 Å². The van der Waals surface area contributed by atoms with E-state index in [4.69, 9.17) is 0 Å². The van der Waals surface area contributed by atoms with Gasteiger partial charge < -0.3 is 10.2 Å². The normalized spacial score (nSPS) is 16.1. The van der Waals surface area contributed by atoms with Crippen molar-refractivity contribution in [2.24, 2.45) is 5.92 Å². The molecule has 160 valence electrons. The van der Waals surface area contributed by atoms with E-state index in [9.17, 15) is 13.6 Å². The maximum atomic E-state index is 12.7. The summed E-state index contributed by atoms with van der Waals surface area (Å²) in [4.78, 5) is 24.6. The first-order valence-corrected chi connectivity index (χ1v) is 11.4. The van der Waals surface area contributed by atoms with Crippen LogP contribution in [-0.4, -0.2) is 50.4 Å². The van der Waals surface area contributed by atoms with Crippen LogP contribution in [0.3, 0.4) is 0 Å². The Morgan fingerprint density at radius 1 is 1.35 bits per heavy atom. The average molecular weight is 461 g/mol. The first-order valence-electron chi connectivity index (χ1n) is 9.77. The molecule has 4 aromatic rings. The van der Waals surface area contributed by atoms with Crippen molar-refractivity contribution in [2.45, 2.75) is 25.7 Å². The van der Waals surface area contributed by atoms with Crippen LogP contribution in [0.4, 0.5) is 20.3 Å². The highest BCUT2D eigenvalue weighted by molar-refractivity contribution is 7.19. The maximum absolute atomic E-state index is 12.7. The second-order valence-electron chi connectivity index (χ2n) is 7.54. The Hall–Kier alpha value is -2.79. The predicted molar refractivity (Wildman–Crippen MR) is 117 cm³/mol. The van der Waals surface area contributed by atoms with Crippen LogP contribution < -0.4 is 5.32 Å². The lowest BCUT2D eigenvalue weighted by molar-refractivity contribution is -0.136. The molecule has 0 fully saturated rings. The minimum Gasteiger partial charge on any atom is -0.340 e. The van der Waals surface area contributed by atoms with Crippen molar-refractivity contribution in [3.05, 3.63) is 35.0 Å². The lowest BCUT2D eigenvalue weighted by Gasteiger charge is -2.26. The fourth-order valence-electron chi connectivity index (χ4n) is 4.02. The summed E-state index contributed by atoms with van der Waals surface area (Å²) in [7, 11) is 1.44. The number of halogens is 2. The molecule has 3 aromatic heterocycles. The summed E-state index contributed by atoms with van der Waals surface area (Å²) >= 11 is 2.88. The van der Waals surface area contributed by atoms with Crippen molar-refractivity contribution in [3.63, 3.8) is 0 Å². The van der Waals surface area contributed by atoms with E-state index in [2.05, 4.69) is 24.9 Å². The van der Waals surface area contributed by atoms with Crippen molar-refractivity contribution in [1.29, 1.82) is 0 Å². The molecule has 11 heteroatoms. The van der Waals surface area contributed by atoms with E-state index < -0.39 is 13.0 Å². The quantitative estimate of drug-likeness (QED) is 0.479. The summed E-state index contributed by atoms with van der Waals surface area (Å²) < 4.78 is 30.3. The van der Waals surface area contributed by atoms with E-state index in [1.807, 2.05) is 18.2 Å². The van der Waals surface area contributed by atoms with Gasteiger partial charge in [-0.15, -0.1) is 16.4 Å². The number of hydrogen-bond donors (Lipinski definition) is 1. The van der Waals surface area contributed by atoms with Gasteiger partial charge in [-0.1, -0.05) is 4.49 Å². The van der Waals surface area contributed by atoms with Crippen molar-refractivity contribution in [2.75, 3.05) is 18.9 Å². The van der Waals surface area contributed by atoms with Crippen LogP contribution >= 0.6 is 22.9 Å². The molecule has 0 spiro atoms. The van der Waals surface area contributed by atoms with Gasteiger partial charge in [0.25, 0.3) is 6.43 Å². The van der Waals surface area contributed by atoms with Crippen molar-refractivity contribution < 1.29 is 13.6 Å². The number of nitrogens with one attached hydrogen (secondary N) is 1. The number of carbonyl (C=O) groups excluding carboxylic acids is 1. The molecule has 1 amide bonds. The lowest BCUT2D eigenvalue weighted by Crippen LogP contribution is -2.38. The molecule has 0 unspecified atom stereocenters. The first kappa shape index (κ1) is 20.1. The second-order valence-corrected chi connectivity index (χ2v) is 9.41. The van der Waals surface area contributed by atoms with Crippen molar-refractivity contribution in [3.8, 4) is 0 Å². The average Bonchev–Trinajstić information content (AvgIpc) is 3.36. The second kappa shape index (κ2) is 8.04. The van der Waals surface area contributed by atoms with E-state index in [1.54, 1.807) is 11.3 Å². The van der Waals surface area contributed by atoms with Crippen LogP contribution in [0.15, 0.2) is 24.5 Å². The standard InChI is InChI=1S/C20H18F2N6OS2/c1-28(8-16(21)22)20(29)10-2-4-12-14(6-10)30-19-17(12)18(23-9-24-19)25-11-3-5-13-15(7-11)31-27-26-13/h3,5,7,9-10,16H,2,4,6,8H2,1H3,(H,23,24,25)/t10-/m0/s1. The van der Waals surface area contributed by atoms with Crippen molar-refractivity contribution in [1.82, 2.24) is 24.5 Å². The predicted octanol–water partition coefficient (Wildman–Crippen LogP) is 4.27. The number of rotatable bonds is 5. The number of aromatic nitrogens is 4. The highest BCUT2D eigenvalue weighted by atomic mass is 32.1. The molecule has 1 aliphatic carbocycles. The molecule has 1 N–H and O–H groups in total. The molecule has 1 aliphatic rings. The number of hydrogen-bond acceptors (Lipinski definition) is 8. The maximum Gasteiger partial charge on any atom is 0.255 e. The summed E-state index contributed by atoms with van der Waals surface area (Å²) in [6.45, 7) is -0.534. The molecule has 1 atom stereocenters. The van der Waals surface area contributed by atoms with Gasteiger partial charge in [0, 0.05) is 23.5 Å². The molecule has 0 radical (unpaired) electrons. The highest BCUT2D eigenvalue weighted by Crippen LogP contribution is 2.41. The number of fused-ring (bicyclic) bond motifs is 4. The van der Waals surface area contributed by atoms with Gasteiger partial charge in [0.05, 0.1) is 16.6 Å². The summed E-state index contributed by atoms with van der Waals surface area (Å²) in [5.74, 6) is 0.216. The number of benzene rings is 1. The number of carbonyl (C=O) groups is 1. The van der Waals surface area contributed by atoms with Crippen LogP contribution in [0, 0.1) is 5.92 Å². The third-order valence-corrected chi connectivity index (χ3v) is 7.34. The first-order chi connectivity index (χ1) is 15.0. The highest BCUT2D eigenvalue weighted by Gasteiger charge is 2.31. The Morgan fingerprint density at radius 2 is 2.23 bits per heavy atom. The van der Waals surface area contributed by atoms with Gasteiger partial charge in [0.2, 0.25) is 5.91 Å². The van der Waals surface area contributed by atoms with Gasteiger partial charge in [0.15, 0.2) is 0 Å². The molecule has 0 saturated heterocycles. The van der Waals surface area contributed by atoms with E-state index in [1.165, 1.54) is 24.9 Å². The van der Waals surface area contributed by atoms with Gasteiger partial charge in [-0.3, -0.25) is 4.79 Å². The molecular weight excluding hydrogens is 442 g/mol. The van der Waals surface area contributed by atoms with Crippen molar-refractivity contribution >= 4 is 60.7 Å². The Morgan fingerprint density at radius 3 is 3.06 bits per heavy atom. The Bertz CT molecular complexity index is 1270. The fourth-order valence-corrected chi connectivity index (χ4v) is 5.88. The third kappa shape index (κ3) is 3.83. The molecule has 0 aliphatic heterocycles. The summed E-state index contributed by atoms with van der Waals surface area (Å²) in [6.07, 6.45) is 0.854. The topological polar surface area (TPSA) is 83.9 Å². The van der Waals surface area contributed by atoms with E-state index in [-0.39, 0.29) is 11.8 Å². The number of amides is 1. The zero-order valence-corrected chi connectivity index (χ0v) is 18.1. The molecule has 1 aromatic carbocycles. The Balaban J connectivity index is 1.43. The molecule has 0 bridgehead atoms. The molecular formula is C20H18F2N6OS2. The fraction of sp³-hybridized carbons (Fsp3) is 0.350. The van der Waals surface area contributed by atoms with Crippen LogP contribution in [-0.2, 0) is 17.6 Å². The molecule has 3 heterocycles. The van der Waals surface area contributed by atoms with E-state index in [0.29, 0.717) is 19.3 Å². The molecule has 5 rings (SSSR count). The summed E-state index contributed by atoms with van der Waals surface area (Å²) in [5.41, 5.74) is 2.88. The van der Waals surface area contributed by atoms with Gasteiger partial charge in [-0.05, 0) is 54.6 Å². The van der Waals surface area contributed by atoms with E-state index in [0.717, 1.165) is 47.3 Å². The van der Waals surface area contributed by atoms with Crippen LogP contribution in [0.25, 0.3) is 20.4 Å². The molecule has 0 saturated carbocycles. The molecule has 31 heavy (non-hydrogen) atoms. The lowest BCUT2D eigenvalue weighted by atomic mass is 9.87. The minimum atomic E-state index is -2.53. The Kier molecular flexibility index (Phi) is 5.22. The van der Waals surface area contributed by atoms with Crippen LogP contribution in [0.5, 0.6) is 0 Å². The molecule has 7 nitrogen and oxygen atoms in total. The smallest absolute Gasteiger partial charge is 0.255 e. The van der Waals surface area contributed by atoms with Crippen LogP contribution in [0.2, 0.25) is 0 Å². The zero-order chi connectivity index (χ0) is 21.5. The third-order valence-electron chi connectivity index (χ3n) is 5.49. The van der Waals surface area contributed by atoms with Gasteiger partial charge in [-0.2, -0.15) is 0 Å². The number of anilines is 2. The SMILES string of the molecule is CN(CC(F)F)C(=O)[C@H]1CCc2c(sc3ncnc(Nc4ccc5nnsc5c4)c23)C1. The largest absolute Gasteiger partial charge is 0.340 e. The number of nitrogens with zero attached hydrogens (tertiary/aromatic N) is 5. The van der Waals surface area contributed by atoms with Gasteiger partial charge in [-0.25, -0.2) is 18.7 Å². The minimum absolute atomic E-state index is 0.223. The number of alkyl halides is 2. The number of aryl methyl sites for hydroxylation is 1. The summed E-state index contributed by atoms with van der Waals surface area (Å²) in [5, 5.41) is 8.42. The summed E-state index contributed by atoms with van der Waals surface area (Å²) in [6, 6.07) is 5.83. The zero-order valence-electron chi connectivity index (χ0n) is 16.5. The van der Waals surface area contributed by atoms with Crippen LogP contribution in [0.1, 0.15) is 16.9 Å². The monoisotopic (exact) mass is 460 g/mol. The number of thiophene rings is 1. The van der Waals surface area contributed by atoms with Gasteiger partial charge in [0.1, 0.15) is 22.5 Å².